The van der Waals surface area contributed by atoms with Gasteiger partial charge in [0.15, 0.2) is 16.8 Å². The third kappa shape index (κ3) is 4.50. The number of carbonyl (C=O) groups is 1. The molecule has 3 atom stereocenters. The topological polar surface area (TPSA) is 102 Å². The standard InChI is InChI=1S/C21H23F2N5O3S/c1-11-10-27(21(31)26-20-25-16-8-14(22)3-4-17(16)32-20)5-6-28(11)19-15(23)7-13(9-24-19)18(30)12(2)29/h3-4,7-9,11-12,18,29-30H,5-6,10H2,1-2H3,(H,25,26,31)/t11-,12-,18+/m0/s1. The van der Waals surface area contributed by atoms with E-state index in [0.29, 0.717) is 30.3 Å². The number of rotatable bonds is 4. The van der Waals surface area contributed by atoms with Crippen LogP contribution in [-0.4, -0.2) is 62.9 Å². The molecule has 8 nitrogen and oxygen atoms in total. The van der Waals surface area contributed by atoms with E-state index in [0.717, 1.165) is 4.70 Å². The summed E-state index contributed by atoms with van der Waals surface area (Å²) in [6.07, 6.45) is -0.919. The highest BCUT2D eigenvalue weighted by Crippen LogP contribution is 2.28. The molecular formula is C21H23F2N5O3S. The molecule has 3 heterocycles. The zero-order chi connectivity index (χ0) is 23.0. The largest absolute Gasteiger partial charge is 0.390 e. The molecule has 2 aromatic heterocycles. The summed E-state index contributed by atoms with van der Waals surface area (Å²) in [6, 6.07) is 4.90. The van der Waals surface area contributed by atoms with Gasteiger partial charge in [0.25, 0.3) is 0 Å². The van der Waals surface area contributed by atoms with Crippen LogP contribution in [0.2, 0.25) is 0 Å². The minimum atomic E-state index is -1.22. The summed E-state index contributed by atoms with van der Waals surface area (Å²) in [7, 11) is 0. The third-order valence-electron chi connectivity index (χ3n) is 5.39. The van der Waals surface area contributed by atoms with Crippen LogP contribution in [0.3, 0.4) is 0 Å². The molecule has 0 aliphatic carbocycles. The van der Waals surface area contributed by atoms with Crippen molar-refractivity contribution in [1.29, 1.82) is 0 Å². The summed E-state index contributed by atoms with van der Waals surface area (Å²) in [5, 5.41) is 22.5. The average Bonchev–Trinajstić information content (AvgIpc) is 3.14. The number of nitrogens with zero attached hydrogens (tertiary/aromatic N) is 4. The van der Waals surface area contributed by atoms with Crippen LogP contribution in [0.1, 0.15) is 25.5 Å². The summed E-state index contributed by atoms with van der Waals surface area (Å²) in [6.45, 7) is 4.32. The molecule has 0 saturated carbocycles. The monoisotopic (exact) mass is 463 g/mol. The Labute approximate surface area is 187 Å². The highest BCUT2D eigenvalue weighted by molar-refractivity contribution is 7.22. The van der Waals surface area contributed by atoms with Gasteiger partial charge >= 0.3 is 6.03 Å². The number of thiazole rings is 1. The molecular weight excluding hydrogens is 440 g/mol. The van der Waals surface area contributed by atoms with Gasteiger partial charge in [0.05, 0.1) is 16.3 Å². The third-order valence-corrected chi connectivity index (χ3v) is 6.34. The highest BCUT2D eigenvalue weighted by Gasteiger charge is 2.30. The quantitative estimate of drug-likeness (QED) is 0.550. The molecule has 1 saturated heterocycles. The summed E-state index contributed by atoms with van der Waals surface area (Å²) >= 11 is 1.26. The maximum absolute atomic E-state index is 14.7. The highest BCUT2D eigenvalue weighted by atomic mass is 32.1. The number of benzene rings is 1. The van der Waals surface area contributed by atoms with Crippen molar-refractivity contribution in [3.8, 4) is 0 Å². The van der Waals surface area contributed by atoms with Gasteiger partial charge in [-0.3, -0.25) is 5.32 Å². The van der Waals surface area contributed by atoms with Gasteiger partial charge in [-0.2, -0.15) is 0 Å². The number of aromatic nitrogens is 2. The number of fused-ring (bicyclic) bond motifs is 1. The molecule has 1 aliphatic rings. The number of piperazine rings is 1. The van der Waals surface area contributed by atoms with Crippen LogP contribution in [0.5, 0.6) is 0 Å². The maximum atomic E-state index is 14.7. The molecule has 3 N–H and O–H groups in total. The summed E-state index contributed by atoms with van der Waals surface area (Å²) < 4.78 is 28.8. The van der Waals surface area contributed by atoms with E-state index in [1.807, 2.05) is 6.92 Å². The second-order valence-corrected chi connectivity index (χ2v) is 8.84. The van der Waals surface area contributed by atoms with Gasteiger partial charge in [0.1, 0.15) is 11.9 Å². The van der Waals surface area contributed by atoms with Crippen LogP contribution in [0.25, 0.3) is 10.2 Å². The lowest BCUT2D eigenvalue weighted by Crippen LogP contribution is -2.55. The Kier molecular flexibility index (Phi) is 6.22. The smallest absolute Gasteiger partial charge is 0.323 e. The summed E-state index contributed by atoms with van der Waals surface area (Å²) in [5.74, 6) is -0.860. The van der Waals surface area contributed by atoms with Crippen molar-refractivity contribution in [3.05, 3.63) is 47.7 Å². The molecule has 11 heteroatoms. The zero-order valence-corrected chi connectivity index (χ0v) is 18.3. The van der Waals surface area contributed by atoms with Crippen LogP contribution in [-0.2, 0) is 0 Å². The number of nitrogens with one attached hydrogen (secondary N) is 1. The lowest BCUT2D eigenvalue weighted by atomic mass is 10.1. The van der Waals surface area contributed by atoms with Crippen LogP contribution >= 0.6 is 11.3 Å². The Morgan fingerprint density at radius 1 is 1.28 bits per heavy atom. The molecule has 32 heavy (non-hydrogen) atoms. The Morgan fingerprint density at radius 3 is 2.75 bits per heavy atom. The molecule has 4 rings (SSSR count). The van der Waals surface area contributed by atoms with Gasteiger partial charge in [-0.1, -0.05) is 11.3 Å². The number of anilines is 2. The van der Waals surface area contributed by atoms with Gasteiger partial charge < -0.3 is 20.0 Å². The predicted octanol–water partition coefficient (Wildman–Crippen LogP) is 3.13. The van der Waals surface area contributed by atoms with Crippen molar-refractivity contribution in [3.63, 3.8) is 0 Å². The second-order valence-electron chi connectivity index (χ2n) is 7.81. The number of urea groups is 1. The summed E-state index contributed by atoms with van der Waals surface area (Å²) in [5.41, 5.74) is 0.678. The van der Waals surface area contributed by atoms with Crippen molar-refractivity contribution in [1.82, 2.24) is 14.9 Å². The molecule has 0 unspecified atom stereocenters. The number of aliphatic hydroxyl groups is 2. The van der Waals surface area contributed by atoms with Crippen molar-refractivity contribution in [2.45, 2.75) is 32.1 Å². The lowest BCUT2D eigenvalue weighted by molar-refractivity contribution is 0.0301. The number of halogens is 2. The molecule has 170 valence electrons. The molecule has 0 radical (unpaired) electrons. The Hall–Kier alpha value is -2.89. The predicted molar refractivity (Wildman–Crippen MR) is 118 cm³/mol. The van der Waals surface area contributed by atoms with Gasteiger partial charge in [-0.15, -0.1) is 0 Å². The summed E-state index contributed by atoms with van der Waals surface area (Å²) in [4.78, 5) is 24.5. The van der Waals surface area contributed by atoms with Crippen molar-refractivity contribution < 1.29 is 23.8 Å². The minimum Gasteiger partial charge on any atom is -0.390 e. The molecule has 2 amide bonds. The molecule has 1 aromatic carbocycles. The van der Waals surface area contributed by atoms with E-state index in [4.69, 9.17) is 0 Å². The Bertz CT molecular complexity index is 1140. The zero-order valence-electron chi connectivity index (χ0n) is 17.5. The van der Waals surface area contributed by atoms with E-state index in [-0.39, 0.29) is 29.3 Å². The molecule has 3 aromatic rings. The fraction of sp³-hybridized carbons (Fsp3) is 0.381. The number of hydrogen-bond donors (Lipinski definition) is 3. The van der Waals surface area contributed by atoms with Crippen LogP contribution in [0.4, 0.5) is 24.5 Å². The number of amides is 2. The van der Waals surface area contributed by atoms with E-state index in [9.17, 15) is 23.8 Å². The number of pyridine rings is 1. The second kappa shape index (κ2) is 8.93. The van der Waals surface area contributed by atoms with E-state index in [1.165, 1.54) is 42.7 Å². The van der Waals surface area contributed by atoms with Crippen LogP contribution < -0.4 is 10.2 Å². The first-order valence-corrected chi connectivity index (χ1v) is 10.9. The number of carbonyl (C=O) groups excluding carboxylic acids is 1. The van der Waals surface area contributed by atoms with Gasteiger partial charge in [-0.25, -0.2) is 23.5 Å². The van der Waals surface area contributed by atoms with Crippen LogP contribution in [0, 0.1) is 11.6 Å². The first-order valence-electron chi connectivity index (χ1n) is 10.1. The molecule has 0 spiro atoms. The Balaban J connectivity index is 1.42. The van der Waals surface area contributed by atoms with Gasteiger partial charge in [-0.05, 0) is 32.0 Å². The van der Waals surface area contributed by atoms with Gasteiger partial charge in [0, 0.05) is 43.5 Å². The molecule has 1 aliphatic heterocycles. The normalized spacial score (nSPS) is 18.6. The van der Waals surface area contributed by atoms with Crippen molar-refractivity contribution >= 4 is 38.5 Å². The van der Waals surface area contributed by atoms with Gasteiger partial charge in [0.2, 0.25) is 0 Å². The van der Waals surface area contributed by atoms with Crippen LogP contribution in [0.15, 0.2) is 30.5 Å². The number of hydrogen-bond acceptors (Lipinski definition) is 7. The van der Waals surface area contributed by atoms with E-state index < -0.39 is 18.0 Å². The Morgan fingerprint density at radius 2 is 2.06 bits per heavy atom. The van der Waals surface area contributed by atoms with Crippen molar-refractivity contribution in [2.75, 3.05) is 29.9 Å². The fourth-order valence-electron chi connectivity index (χ4n) is 3.68. The maximum Gasteiger partial charge on any atom is 0.323 e. The van der Waals surface area contributed by atoms with E-state index in [1.54, 1.807) is 15.9 Å². The minimum absolute atomic E-state index is 0.132. The SMILES string of the molecule is C[C@H](O)[C@@H](O)c1cnc(N2CCN(C(=O)Nc3nc4cc(F)ccc4s3)C[C@@H]2C)c(F)c1. The van der Waals surface area contributed by atoms with E-state index >= 15 is 0 Å². The van der Waals surface area contributed by atoms with Crippen molar-refractivity contribution in [2.24, 2.45) is 0 Å². The molecule has 0 bridgehead atoms. The lowest BCUT2D eigenvalue weighted by Gasteiger charge is -2.40. The average molecular weight is 464 g/mol. The first kappa shape index (κ1) is 22.3. The van der Waals surface area contributed by atoms with E-state index in [2.05, 4.69) is 15.3 Å². The number of aliphatic hydroxyl groups excluding tert-OH is 2. The fourth-order valence-corrected chi connectivity index (χ4v) is 4.51. The molecule has 1 fully saturated rings. The first-order chi connectivity index (χ1) is 15.2.